The average molecular weight is 344 g/mol. The van der Waals surface area contributed by atoms with Crippen molar-refractivity contribution in [3.05, 3.63) is 108 Å². The van der Waals surface area contributed by atoms with Gasteiger partial charge in [0.05, 0.1) is 0 Å². The van der Waals surface area contributed by atoms with Gasteiger partial charge in [-0.2, -0.15) is 0 Å². The van der Waals surface area contributed by atoms with Crippen molar-refractivity contribution in [3.63, 3.8) is 0 Å². The predicted octanol–water partition coefficient (Wildman–Crippen LogP) is 4.49. The van der Waals surface area contributed by atoms with Crippen LogP contribution in [0.15, 0.2) is 96.8 Å². The van der Waals surface area contributed by atoms with Crippen molar-refractivity contribution in [1.82, 2.24) is 5.32 Å². The zero-order chi connectivity index (χ0) is 18.0. The van der Waals surface area contributed by atoms with E-state index in [4.69, 9.17) is 5.11 Å². The van der Waals surface area contributed by atoms with Gasteiger partial charge in [0, 0.05) is 24.4 Å². The van der Waals surface area contributed by atoms with E-state index in [9.17, 15) is 0 Å². The molecule has 3 aromatic rings. The summed E-state index contributed by atoms with van der Waals surface area (Å²) in [5.74, 6) is 0.932. The summed E-state index contributed by atoms with van der Waals surface area (Å²) < 4.78 is 0. The highest BCUT2D eigenvalue weighted by Gasteiger charge is 2.12. The van der Waals surface area contributed by atoms with E-state index >= 15 is 0 Å². The first-order chi connectivity index (χ1) is 12.9. The van der Waals surface area contributed by atoms with Crippen molar-refractivity contribution in [2.24, 2.45) is 0 Å². The number of para-hydroxylation sites is 1. The van der Waals surface area contributed by atoms with Crippen LogP contribution in [0.2, 0.25) is 0 Å². The molecule has 0 unspecified atom stereocenters. The molecule has 0 saturated carbocycles. The van der Waals surface area contributed by atoms with E-state index in [0.29, 0.717) is 13.0 Å². The number of hydrogen-bond donors (Lipinski definition) is 3. The minimum absolute atomic E-state index is 0.164. The third-order valence-corrected chi connectivity index (χ3v) is 4.05. The number of anilines is 1. The van der Waals surface area contributed by atoms with Gasteiger partial charge in [0.15, 0.2) is 0 Å². The molecule has 0 aromatic heterocycles. The SMILES string of the molecule is OCCCNC(Nc1ccccc1)=C(c1ccccc1)c1ccccc1. The molecule has 26 heavy (non-hydrogen) atoms. The third-order valence-electron chi connectivity index (χ3n) is 4.05. The molecule has 0 aliphatic rings. The Morgan fingerprint density at radius 3 is 1.69 bits per heavy atom. The molecule has 0 aliphatic carbocycles. The molecule has 0 amide bonds. The van der Waals surface area contributed by atoms with Crippen LogP contribution in [0.1, 0.15) is 17.5 Å². The maximum Gasteiger partial charge on any atom is 0.112 e. The molecule has 0 radical (unpaired) electrons. The van der Waals surface area contributed by atoms with Crippen molar-refractivity contribution in [3.8, 4) is 0 Å². The van der Waals surface area contributed by atoms with Crippen LogP contribution in [-0.2, 0) is 0 Å². The van der Waals surface area contributed by atoms with Gasteiger partial charge in [-0.05, 0) is 29.7 Å². The fourth-order valence-electron chi connectivity index (χ4n) is 2.82. The fourth-order valence-corrected chi connectivity index (χ4v) is 2.82. The standard InChI is InChI=1S/C23H24N2O/c26-18-10-17-24-23(25-21-15-8-3-9-16-21)22(19-11-4-1-5-12-19)20-13-6-2-7-14-20/h1-9,11-16,24-26H,10,17-18H2. The van der Waals surface area contributed by atoms with Crippen LogP contribution in [0.4, 0.5) is 5.69 Å². The van der Waals surface area contributed by atoms with Crippen LogP contribution in [0.5, 0.6) is 0 Å². The van der Waals surface area contributed by atoms with E-state index < -0.39 is 0 Å². The van der Waals surface area contributed by atoms with E-state index in [1.165, 1.54) is 0 Å². The first kappa shape index (κ1) is 17.8. The molecular weight excluding hydrogens is 320 g/mol. The van der Waals surface area contributed by atoms with E-state index in [0.717, 1.165) is 28.2 Å². The molecular formula is C23H24N2O. The largest absolute Gasteiger partial charge is 0.396 e. The summed E-state index contributed by atoms with van der Waals surface area (Å²) in [4.78, 5) is 0. The highest BCUT2D eigenvalue weighted by Crippen LogP contribution is 2.26. The molecule has 132 valence electrons. The van der Waals surface area contributed by atoms with Crippen LogP contribution in [-0.4, -0.2) is 18.3 Å². The summed E-state index contributed by atoms with van der Waals surface area (Å²) in [6.07, 6.45) is 0.691. The van der Waals surface area contributed by atoms with Gasteiger partial charge < -0.3 is 15.7 Å². The fraction of sp³-hybridized carbons (Fsp3) is 0.130. The summed E-state index contributed by atoms with van der Waals surface area (Å²) in [6.45, 7) is 0.854. The molecule has 0 saturated heterocycles. The third kappa shape index (κ3) is 4.74. The minimum Gasteiger partial charge on any atom is -0.396 e. The molecule has 3 nitrogen and oxygen atoms in total. The lowest BCUT2D eigenvalue weighted by Gasteiger charge is -2.20. The first-order valence-corrected chi connectivity index (χ1v) is 8.90. The van der Waals surface area contributed by atoms with Crippen molar-refractivity contribution in [2.75, 3.05) is 18.5 Å². The van der Waals surface area contributed by atoms with E-state index in [2.05, 4.69) is 34.9 Å². The maximum atomic E-state index is 9.17. The van der Waals surface area contributed by atoms with Crippen LogP contribution < -0.4 is 10.6 Å². The zero-order valence-electron chi connectivity index (χ0n) is 14.7. The van der Waals surface area contributed by atoms with E-state index in [1.807, 2.05) is 66.7 Å². The lowest BCUT2D eigenvalue weighted by molar-refractivity contribution is 0.288. The van der Waals surface area contributed by atoms with Gasteiger partial charge in [-0.3, -0.25) is 0 Å². The van der Waals surface area contributed by atoms with Gasteiger partial charge in [-0.1, -0.05) is 78.9 Å². The first-order valence-electron chi connectivity index (χ1n) is 8.90. The predicted molar refractivity (Wildman–Crippen MR) is 109 cm³/mol. The van der Waals surface area contributed by atoms with Crippen molar-refractivity contribution in [1.29, 1.82) is 0 Å². The van der Waals surface area contributed by atoms with E-state index in [-0.39, 0.29) is 6.61 Å². The number of aliphatic hydroxyl groups is 1. The Morgan fingerprint density at radius 2 is 1.19 bits per heavy atom. The van der Waals surface area contributed by atoms with Gasteiger partial charge in [0.1, 0.15) is 5.82 Å². The molecule has 3 heteroatoms. The topological polar surface area (TPSA) is 44.3 Å². The smallest absolute Gasteiger partial charge is 0.112 e. The van der Waals surface area contributed by atoms with Crippen molar-refractivity contribution < 1.29 is 5.11 Å². The Bertz CT molecular complexity index is 773. The number of benzene rings is 3. The molecule has 0 atom stereocenters. The maximum absolute atomic E-state index is 9.17. The van der Waals surface area contributed by atoms with E-state index in [1.54, 1.807) is 0 Å². The van der Waals surface area contributed by atoms with Crippen molar-refractivity contribution in [2.45, 2.75) is 6.42 Å². The molecule has 0 heterocycles. The number of nitrogens with one attached hydrogen (secondary N) is 2. The Morgan fingerprint density at radius 1 is 0.692 bits per heavy atom. The second-order valence-electron chi connectivity index (χ2n) is 5.98. The van der Waals surface area contributed by atoms with Gasteiger partial charge in [-0.25, -0.2) is 0 Å². The molecule has 0 aliphatic heterocycles. The Hall–Kier alpha value is -3.04. The molecule has 0 fully saturated rings. The quantitative estimate of drug-likeness (QED) is 0.528. The lowest BCUT2D eigenvalue weighted by Crippen LogP contribution is -2.23. The summed E-state index contributed by atoms with van der Waals surface area (Å²) in [6, 6.07) is 30.8. The molecule has 0 spiro atoms. The summed E-state index contributed by atoms with van der Waals surface area (Å²) in [5.41, 5.74) is 4.39. The van der Waals surface area contributed by atoms with Gasteiger partial charge in [-0.15, -0.1) is 0 Å². The van der Waals surface area contributed by atoms with Crippen molar-refractivity contribution >= 4 is 11.3 Å². The number of aliphatic hydroxyl groups excluding tert-OH is 1. The Labute approximate surface area is 155 Å². The van der Waals surface area contributed by atoms with Gasteiger partial charge >= 0.3 is 0 Å². The Balaban J connectivity index is 2.08. The van der Waals surface area contributed by atoms with Gasteiger partial charge in [0.25, 0.3) is 0 Å². The lowest BCUT2D eigenvalue weighted by atomic mass is 9.97. The number of hydrogen-bond acceptors (Lipinski definition) is 3. The molecule has 3 rings (SSSR count). The van der Waals surface area contributed by atoms with Crippen LogP contribution in [0, 0.1) is 0 Å². The number of rotatable bonds is 8. The monoisotopic (exact) mass is 344 g/mol. The van der Waals surface area contributed by atoms with Crippen LogP contribution >= 0.6 is 0 Å². The van der Waals surface area contributed by atoms with Gasteiger partial charge in [0.2, 0.25) is 0 Å². The molecule has 3 aromatic carbocycles. The summed E-state index contributed by atoms with van der Waals surface area (Å²) >= 11 is 0. The van der Waals surface area contributed by atoms with Crippen LogP contribution in [0.3, 0.4) is 0 Å². The second kappa shape index (κ2) is 9.44. The normalized spacial score (nSPS) is 10.2. The minimum atomic E-state index is 0.164. The summed E-state index contributed by atoms with van der Waals surface area (Å²) in [7, 11) is 0. The Kier molecular flexibility index (Phi) is 6.46. The highest BCUT2D eigenvalue weighted by molar-refractivity contribution is 5.83. The van der Waals surface area contributed by atoms with Crippen LogP contribution in [0.25, 0.3) is 5.57 Å². The molecule has 0 bridgehead atoms. The summed E-state index contributed by atoms with van der Waals surface area (Å²) in [5, 5.41) is 16.2. The second-order valence-corrected chi connectivity index (χ2v) is 5.98. The highest BCUT2D eigenvalue weighted by atomic mass is 16.3. The zero-order valence-corrected chi connectivity index (χ0v) is 14.7. The average Bonchev–Trinajstić information content (AvgIpc) is 2.71. The molecule has 3 N–H and O–H groups in total.